The van der Waals surface area contributed by atoms with Crippen molar-refractivity contribution in [3.8, 4) is 0 Å². The van der Waals surface area contributed by atoms with Gasteiger partial charge in [0.25, 0.3) is 0 Å². The summed E-state index contributed by atoms with van der Waals surface area (Å²) in [5, 5.41) is 13.3. The Morgan fingerprint density at radius 2 is 2.11 bits per heavy atom. The maximum atomic E-state index is 13.7. The molecule has 0 radical (unpaired) electrons. The van der Waals surface area contributed by atoms with Crippen molar-refractivity contribution >= 4 is 0 Å². The molecule has 1 heterocycles. The van der Waals surface area contributed by atoms with Crippen LogP contribution in [0.25, 0.3) is 0 Å². The van der Waals surface area contributed by atoms with E-state index < -0.39 is 17.7 Å². The highest BCUT2D eigenvalue weighted by Crippen LogP contribution is 2.25. The Balaban J connectivity index is 2.07. The van der Waals surface area contributed by atoms with Gasteiger partial charge in [-0.3, -0.25) is 0 Å². The first kappa shape index (κ1) is 14.4. The molecule has 0 aliphatic carbocycles. The number of aliphatic hydroxyl groups excluding tert-OH is 1. The summed E-state index contributed by atoms with van der Waals surface area (Å²) in [5.41, 5.74) is 0.240. The van der Waals surface area contributed by atoms with Crippen molar-refractivity contribution < 1.29 is 18.6 Å². The minimum absolute atomic E-state index is 0.00289. The van der Waals surface area contributed by atoms with Gasteiger partial charge in [-0.25, -0.2) is 8.78 Å². The van der Waals surface area contributed by atoms with E-state index in [4.69, 9.17) is 4.74 Å². The van der Waals surface area contributed by atoms with Crippen molar-refractivity contribution in [2.45, 2.75) is 38.5 Å². The Hall–Kier alpha value is -1.04. The van der Waals surface area contributed by atoms with Crippen LogP contribution in [0, 0.1) is 18.6 Å². The summed E-state index contributed by atoms with van der Waals surface area (Å²) in [6.07, 6.45) is -0.745. The topological polar surface area (TPSA) is 41.5 Å². The van der Waals surface area contributed by atoms with Gasteiger partial charge in [0.1, 0.15) is 11.6 Å². The predicted molar refractivity (Wildman–Crippen MR) is 67.9 cm³/mol. The summed E-state index contributed by atoms with van der Waals surface area (Å²) >= 11 is 0. The quantitative estimate of drug-likeness (QED) is 0.884. The van der Waals surface area contributed by atoms with E-state index in [1.54, 1.807) is 0 Å². The van der Waals surface area contributed by atoms with E-state index in [0.29, 0.717) is 19.6 Å². The van der Waals surface area contributed by atoms with Crippen molar-refractivity contribution in [1.82, 2.24) is 5.32 Å². The Morgan fingerprint density at radius 1 is 1.37 bits per heavy atom. The average Bonchev–Trinajstić information content (AvgIpc) is 2.33. The minimum atomic E-state index is -1.04. The zero-order valence-corrected chi connectivity index (χ0v) is 11.1. The number of aryl methyl sites for hydroxylation is 1. The molecule has 3 atom stereocenters. The van der Waals surface area contributed by atoms with Gasteiger partial charge in [0.15, 0.2) is 0 Å². The molecule has 0 amide bonds. The Kier molecular flexibility index (Phi) is 4.50. The molecule has 1 fully saturated rings. The zero-order valence-electron chi connectivity index (χ0n) is 11.1. The third-order valence-electron chi connectivity index (χ3n) is 3.35. The van der Waals surface area contributed by atoms with Gasteiger partial charge in [-0.2, -0.15) is 0 Å². The van der Waals surface area contributed by atoms with Crippen LogP contribution in [0.4, 0.5) is 8.78 Å². The van der Waals surface area contributed by atoms with Gasteiger partial charge in [-0.15, -0.1) is 0 Å². The van der Waals surface area contributed by atoms with E-state index in [1.165, 1.54) is 6.92 Å². The van der Waals surface area contributed by atoms with Crippen LogP contribution in [0.5, 0.6) is 0 Å². The predicted octanol–water partition coefficient (Wildman–Crippen LogP) is 2.07. The maximum Gasteiger partial charge on any atom is 0.129 e. The van der Waals surface area contributed by atoms with Gasteiger partial charge in [0.2, 0.25) is 0 Å². The summed E-state index contributed by atoms with van der Waals surface area (Å²) in [6, 6.07) is 2.33. The second kappa shape index (κ2) is 5.94. The fraction of sp³-hybridized carbons (Fsp3) is 0.571. The number of rotatable bonds is 3. The molecule has 2 rings (SSSR count). The molecule has 106 valence electrons. The molecular formula is C14H19F2NO2. The van der Waals surface area contributed by atoms with Crippen molar-refractivity contribution in [1.29, 1.82) is 0 Å². The molecule has 5 heteroatoms. The van der Waals surface area contributed by atoms with E-state index in [9.17, 15) is 13.9 Å². The number of nitrogens with one attached hydrogen (secondary N) is 1. The summed E-state index contributed by atoms with van der Waals surface area (Å²) in [7, 11) is 0. The van der Waals surface area contributed by atoms with E-state index in [-0.39, 0.29) is 23.2 Å². The molecule has 0 aromatic heterocycles. The van der Waals surface area contributed by atoms with Gasteiger partial charge in [0.05, 0.1) is 19.3 Å². The maximum absolute atomic E-state index is 13.7. The fourth-order valence-corrected chi connectivity index (χ4v) is 2.34. The number of hydrogen-bond acceptors (Lipinski definition) is 3. The van der Waals surface area contributed by atoms with Crippen LogP contribution >= 0.6 is 0 Å². The standard InChI is InChI=1S/C14H19F2NO2/c1-8-3-13(16)11(5-12(8)15)14(18)4-10-7-19-6-9(2)17-10/h3,5,9-10,14,17-18H,4,6-7H2,1-2H3. The van der Waals surface area contributed by atoms with Gasteiger partial charge in [-0.1, -0.05) is 0 Å². The molecular weight excluding hydrogens is 252 g/mol. The summed E-state index contributed by atoms with van der Waals surface area (Å²) < 4.78 is 32.5. The lowest BCUT2D eigenvalue weighted by molar-refractivity contribution is 0.0298. The molecule has 1 aromatic carbocycles. The smallest absolute Gasteiger partial charge is 0.129 e. The summed E-state index contributed by atoms with van der Waals surface area (Å²) in [6.45, 7) is 4.56. The Labute approximate surface area is 111 Å². The molecule has 0 saturated carbocycles. The zero-order chi connectivity index (χ0) is 14.0. The first-order valence-electron chi connectivity index (χ1n) is 6.44. The highest BCUT2D eigenvalue weighted by atomic mass is 19.1. The second-order valence-electron chi connectivity index (χ2n) is 5.18. The fourth-order valence-electron chi connectivity index (χ4n) is 2.34. The van der Waals surface area contributed by atoms with Crippen LogP contribution < -0.4 is 5.32 Å². The van der Waals surface area contributed by atoms with Gasteiger partial charge < -0.3 is 15.2 Å². The van der Waals surface area contributed by atoms with Crippen LogP contribution in [-0.4, -0.2) is 30.4 Å². The van der Waals surface area contributed by atoms with E-state index in [0.717, 1.165) is 12.1 Å². The SMILES string of the molecule is Cc1cc(F)c(C(O)CC2COCC(C)N2)cc1F. The van der Waals surface area contributed by atoms with Gasteiger partial charge >= 0.3 is 0 Å². The van der Waals surface area contributed by atoms with Crippen LogP contribution in [0.3, 0.4) is 0 Å². The van der Waals surface area contributed by atoms with E-state index >= 15 is 0 Å². The lowest BCUT2D eigenvalue weighted by Crippen LogP contribution is -2.47. The van der Waals surface area contributed by atoms with Crippen molar-refractivity contribution in [3.63, 3.8) is 0 Å². The second-order valence-corrected chi connectivity index (χ2v) is 5.18. The Bertz CT molecular complexity index is 453. The third-order valence-corrected chi connectivity index (χ3v) is 3.35. The Morgan fingerprint density at radius 3 is 2.79 bits per heavy atom. The monoisotopic (exact) mass is 271 g/mol. The average molecular weight is 271 g/mol. The van der Waals surface area contributed by atoms with E-state index in [1.807, 2.05) is 6.92 Å². The number of hydrogen-bond donors (Lipinski definition) is 2. The van der Waals surface area contributed by atoms with Crippen LogP contribution in [0.1, 0.15) is 30.6 Å². The van der Waals surface area contributed by atoms with Gasteiger partial charge in [0, 0.05) is 17.6 Å². The number of aliphatic hydroxyl groups is 1. The largest absolute Gasteiger partial charge is 0.388 e. The first-order chi connectivity index (χ1) is 8.97. The molecule has 1 saturated heterocycles. The van der Waals surface area contributed by atoms with Crippen molar-refractivity contribution in [2.75, 3.05) is 13.2 Å². The summed E-state index contributed by atoms with van der Waals surface area (Å²) in [4.78, 5) is 0. The molecule has 0 spiro atoms. The highest BCUT2D eigenvalue weighted by Gasteiger charge is 2.24. The van der Waals surface area contributed by atoms with Crippen LogP contribution in [0.2, 0.25) is 0 Å². The molecule has 1 aromatic rings. The summed E-state index contributed by atoms with van der Waals surface area (Å²) in [5.74, 6) is -1.08. The minimum Gasteiger partial charge on any atom is -0.388 e. The van der Waals surface area contributed by atoms with E-state index in [2.05, 4.69) is 5.32 Å². The van der Waals surface area contributed by atoms with Crippen LogP contribution in [-0.2, 0) is 4.74 Å². The molecule has 0 bridgehead atoms. The first-order valence-corrected chi connectivity index (χ1v) is 6.44. The number of halogens is 2. The normalized spacial score (nSPS) is 25.3. The number of morpholine rings is 1. The van der Waals surface area contributed by atoms with Crippen molar-refractivity contribution in [3.05, 3.63) is 34.9 Å². The molecule has 19 heavy (non-hydrogen) atoms. The molecule has 3 nitrogen and oxygen atoms in total. The molecule has 3 unspecified atom stereocenters. The number of benzene rings is 1. The highest BCUT2D eigenvalue weighted by molar-refractivity contribution is 5.27. The molecule has 1 aliphatic heterocycles. The van der Waals surface area contributed by atoms with Gasteiger partial charge in [-0.05, 0) is 38.0 Å². The lowest BCUT2D eigenvalue weighted by atomic mass is 9.99. The molecule has 2 N–H and O–H groups in total. The third kappa shape index (κ3) is 3.49. The lowest BCUT2D eigenvalue weighted by Gasteiger charge is -2.30. The van der Waals surface area contributed by atoms with Crippen molar-refractivity contribution in [2.24, 2.45) is 0 Å². The number of ether oxygens (including phenoxy) is 1. The van der Waals surface area contributed by atoms with Crippen LogP contribution in [0.15, 0.2) is 12.1 Å². The molecule has 1 aliphatic rings.